The van der Waals surface area contributed by atoms with E-state index in [4.69, 9.17) is 14.5 Å². The van der Waals surface area contributed by atoms with Gasteiger partial charge >= 0.3 is 0 Å². The van der Waals surface area contributed by atoms with E-state index in [0.29, 0.717) is 6.54 Å². The Bertz CT molecular complexity index is 832. The SMILES string of the molecule is CCNC(=NCc1cccc(OC)c1OC1CCCC1)NCCc1ccncc1C. The standard InChI is InChI=1S/C24H34N4O2/c1-4-26-24(27-15-13-19-12-14-25-16-18(19)2)28-17-20-8-7-11-22(29-3)23(20)30-21-9-5-6-10-21/h7-8,11-12,14,16,21H,4-6,9-10,13,15,17H2,1-3H3,(H2,26,27,28). The van der Waals surface area contributed by atoms with Crippen molar-refractivity contribution >= 4 is 5.96 Å². The topological polar surface area (TPSA) is 67.8 Å². The molecule has 162 valence electrons. The number of guanidine groups is 1. The molecule has 1 aliphatic carbocycles. The van der Waals surface area contributed by atoms with Gasteiger partial charge in [0, 0.05) is 31.0 Å². The number of pyridine rings is 1. The van der Waals surface area contributed by atoms with Crippen LogP contribution >= 0.6 is 0 Å². The zero-order valence-electron chi connectivity index (χ0n) is 18.4. The quantitative estimate of drug-likeness (QED) is 0.483. The van der Waals surface area contributed by atoms with Crippen LogP contribution in [0.4, 0.5) is 0 Å². The highest BCUT2D eigenvalue weighted by atomic mass is 16.5. The fourth-order valence-corrected chi connectivity index (χ4v) is 3.76. The molecule has 1 aliphatic rings. The summed E-state index contributed by atoms with van der Waals surface area (Å²) in [7, 11) is 1.69. The van der Waals surface area contributed by atoms with Crippen molar-refractivity contribution in [3.63, 3.8) is 0 Å². The largest absolute Gasteiger partial charge is 0.493 e. The van der Waals surface area contributed by atoms with E-state index < -0.39 is 0 Å². The number of rotatable bonds is 9. The average molecular weight is 411 g/mol. The van der Waals surface area contributed by atoms with Crippen molar-refractivity contribution in [2.24, 2.45) is 4.99 Å². The normalized spacial score (nSPS) is 14.6. The minimum absolute atomic E-state index is 0.277. The molecule has 6 nitrogen and oxygen atoms in total. The number of methoxy groups -OCH3 is 1. The molecule has 1 heterocycles. The summed E-state index contributed by atoms with van der Waals surface area (Å²) in [5.74, 6) is 2.42. The Hall–Kier alpha value is -2.76. The Kier molecular flexibility index (Phi) is 8.36. The summed E-state index contributed by atoms with van der Waals surface area (Å²) in [6.07, 6.45) is 9.64. The van der Waals surface area contributed by atoms with Crippen molar-refractivity contribution in [2.75, 3.05) is 20.2 Å². The maximum Gasteiger partial charge on any atom is 0.191 e. The van der Waals surface area contributed by atoms with Crippen molar-refractivity contribution in [1.29, 1.82) is 0 Å². The number of hydrogen-bond acceptors (Lipinski definition) is 4. The lowest BCUT2D eigenvalue weighted by Gasteiger charge is -2.19. The van der Waals surface area contributed by atoms with Gasteiger partial charge in [-0.2, -0.15) is 0 Å². The third-order valence-corrected chi connectivity index (χ3v) is 5.44. The Morgan fingerprint density at radius 3 is 2.73 bits per heavy atom. The lowest BCUT2D eigenvalue weighted by atomic mass is 10.1. The van der Waals surface area contributed by atoms with Gasteiger partial charge in [0.1, 0.15) is 0 Å². The maximum absolute atomic E-state index is 6.33. The van der Waals surface area contributed by atoms with Gasteiger partial charge in [0.2, 0.25) is 0 Å². The Morgan fingerprint density at radius 1 is 1.17 bits per heavy atom. The van der Waals surface area contributed by atoms with Crippen LogP contribution in [0.3, 0.4) is 0 Å². The first-order valence-electron chi connectivity index (χ1n) is 11.0. The lowest BCUT2D eigenvalue weighted by molar-refractivity contribution is 0.198. The molecule has 1 saturated carbocycles. The van der Waals surface area contributed by atoms with Crippen LogP contribution in [0.5, 0.6) is 11.5 Å². The van der Waals surface area contributed by atoms with Crippen LogP contribution in [0.1, 0.15) is 49.3 Å². The molecule has 6 heteroatoms. The number of aryl methyl sites for hydroxylation is 1. The van der Waals surface area contributed by atoms with Gasteiger partial charge in [0.15, 0.2) is 17.5 Å². The van der Waals surface area contributed by atoms with Crippen molar-refractivity contribution in [2.45, 2.75) is 58.6 Å². The van der Waals surface area contributed by atoms with Crippen molar-refractivity contribution in [3.8, 4) is 11.5 Å². The van der Waals surface area contributed by atoms with Crippen molar-refractivity contribution in [1.82, 2.24) is 15.6 Å². The molecule has 2 N–H and O–H groups in total. The van der Waals surface area contributed by atoms with Crippen LogP contribution in [0.25, 0.3) is 0 Å². The Morgan fingerprint density at radius 2 is 2.00 bits per heavy atom. The molecule has 0 spiro atoms. The second-order valence-electron chi connectivity index (χ2n) is 7.65. The monoisotopic (exact) mass is 410 g/mol. The number of ether oxygens (including phenoxy) is 2. The van der Waals surface area contributed by atoms with E-state index in [1.54, 1.807) is 7.11 Å². The molecular formula is C24H34N4O2. The Labute approximate surface area is 180 Å². The molecule has 0 saturated heterocycles. The van der Waals surface area contributed by atoms with E-state index in [1.807, 2.05) is 24.5 Å². The highest BCUT2D eigenvalue weighted by Crippen LogP contribution is 2.35. The number of aliphatic imine (C=N–C) groups is 1. The minimum atomic E-state index is 0.277. The van der Waals surface area contributed by atoms with E-state index >= 15 is 0 Å². The van der Waals surface area contributed by atoms with Gasteiger partial charge < -0.3 is 20.1 Å². The van der Waals surface area contributed by atoms with Crippen LogP contribution in [0.15, 0.2) is 41.7 Å². The predicted octanol–water partition coefficient (Wildman–Crippen LogP) is 4.02. The first-order chi connectivity index (χ1) is 14.7. The molecule has 3 rings (SSSR count). The molecule has 0 unspecified atom stereocenters. The van der Waals surface area contributed by atoms with Crippen molar-refractivity contribution in [3.05, 3.63) is 53.3 Å². The summed E-state index contributed by atoms with van der Waals surface area (Å²) in [4.78, 5) is 8.96. The van der Waals surface area contributed by atoms with Crippen molar-refractivity contribution < 1.29 is 9.47 Å². The van der Waals surface area contributed by atoms with Gasteiger partial charge in [0.25, 0.3) is 0 Å². The first kappa shape index (κ1) is 21.9. The summed E-state index contributed by atoms with van der Waals surface area (Å²) >= 11 is 0. The van der Waals surface area contributed by atoms with Gasteiger partial charge in [-0.25, -0.2) is 4.99 Å². The molecule has 30 heavy (non-hydrogen) atoms. The molecule has 0 radical (unpaired) electrons. The summed E-state index contributed by atoms with van der Waals surface area (Å²) in [5.41, 5.74) is 3.56. The van der Waals surface area contributed by atoms with E-state index in [2.05, 4.69) is 41.6 Å². The number of nitrogens with zero attached hydrogens (tertiary/aromatic N) is 2. The average Bonchev–Trinajstić information content (AvgIpc) is 3.27. The second kappa shape index (κ2) is 11.4. The fourth-order valence-electron chi connectivity index (χ4n) is 3.76. The first-order valence-corrected chi connectivity index (χ1v) is 11.0. The van der Waals surface area contributed by atoms with E-state index in [0.717, 1.165) is 55.4 Å². The molecule has 0 amide bonds. The third-order valence-electron chi connectivity index (χ3n) is 5.44. The van der Waals surface area contributed by atoms with Gasteiger partial charge in [-0.1, -0.05) is 12.1 Å². The highest BCUT2D eigenvalue weighted by Gasteiger charge is 2.20. The summed E-state index contributed by atoms with van der Waals surface area (Å²) in [5, 5.41) is 6.76. The zero-order chi connectivity index (χ0) is 21.2. The molecule has 1 aromatic carbocycles. The highest BCUT2D eigenvalue weighted by molar-refractivity contribution is 5.79. The molecule has 0 aliphatic heterocycles. The summed E-state index contributed by atoms with van der Waals surface area (Å²) in [6, 6.07) is 8.10. The Balaban J connectivity index is 1.66. The van der Waals surface area contributed by atoms with E-state index in [-0.39, 0.29) is 6.10 Å². The molecule has 0 atom stereocenters. The van der Waals surface area contributed by atoms with Crippen LogP contribution < -0.4 is 20.1 Å². The smallest absolute Gasteiger partial charge is 0.191 e. The van der Waals surface area contributed by atoms with E-state index in [9.17, 15) is 0 Å². The lowest BCUT2D eigenvalue weighted by Crippen LogP contribution is -2.38. The number of nitrogens with one attached hydrogen (secondary N) is 2. The van der Waals surface area contributed by atoms with Crippen LogP contribution in [0.2, 0.25) is 0 Å². The van der Waals surface area contributed by atoms with Crippen LogP contribution in [0, 0.1) is 6.92 Å². The third kappa shape index (κ3) is 6.12. The molecule has 0 bridgehead atoms. The minimum Gasteiger partial charge on any atom is -0.493 e. The van der Waals surface area contributed by atoms with Crippen LogP contribution in [-0.2, 0) is 13.0 Å². The summed E-state index contributed by atoms with van der Waals surface area (Å²) < 4.78 is 11.9. The van der Waals surface area contributed by atoms with Gasteiger partial charge in [-0.05, 0) is 69.2 Å². The zero-order valence-corrected chi connectivity index (χ0v) is 18.4. The number of benzene rings is 1. The summed E-state index contributed by atoms with van der Waals surface area (Å²) in [6.45, 7) is 6.31. The van der Waals surface area contributed by atoms with Gasteiger partial charge in [-0.3, -0.25) is 4.98 Å². The number of hydrogen-bond donors (Lipinski definition) is 2. The predicted molar refractivity (Wildman–Crippen MR) is 121 cm³/mol. The fraction of sp³-hybridized carbons (Fsp3) is 0.500. The molecule has 1 fully saturated rings. The van der Waals surface area contributed by atoms with Crippen LogP contribution in [-0.4, -0.2) is 37.2 Å². The van der Waals surface area contributed by atoms with Gasteiger partial charge in [0.05, 0.1) is 19.8 Å². The molecule has 1 aromatic heterocycles. The number of para-hydroxylation sites is 1. The molecule has 2 aromatic rings. The second-order valence-corrected chi connectivity index (χ2v) is 7.65. The maximum atomic E-state index is 6.33. The number of aromatic nitrogens is 1. The molecular weight excluding hydrogens is 376 g/mol. The van der Waals surface area contributed by atoms with E-state index in [1.165, 1.54) is 24.0 Å². The van der Waals surface area contributed by atoms with Gasteiger partial charge in [-0.15, -0.1) is 0 Å².